The van der Waals surface area contributed by atoms with Crippen molar-refractivity contribution < 1.29 is 24.5 Å². The van der Waals surface area contributed by atoms with Gasteiger partial charge in [0.25, 0.3) is 0 Å². The zero-order chi connectivity index (χ0) is 12.0. The molecule has 0 aliphatic heterocycles. The molecular formula is C11H13NaO5. The molecule has 0 heterocycles. The first kappa shape index (κ1) is 16.1. The molecule has 0 spiro atoms. The molecule has 2 N–H and O–H groups in total. The fourth-order valence-electron chi connectivity index (χ4n) is 1.04. The number of rotatable bonds is 5. The Balaban J connectivity index is 0.00000256. The number of ether oxygens (including phenoxy) is 1. The Kier molecular flexibility index (Phi) is 7.82. The van der Waals surface area contributed by atoms with E-state index in [1.807, 2.05) is 6.07 Å². The van der Waals surface area contributed by atoms with Crippen molar-refractivity contribution in [3.05, 3.63) is 35.9 Å². The van der Waals surface area contributed by atoms with Crippen LogP contribution >= 0.6 is 0 Å². The Labute approximate surface area is 121 Å². The second-order valence-corrected chi connectivity index (χ2v) is 3.20. The molecule has 1 unspecified atom stereocenters. The number of hydrogen-bond acceptors (Lipinski definition) is 4. The third kappa shape index (κ3) is 6.43. The first-order chi connectivity index (χ1) is 7.59. The predicted molar refractivity (Wildman–Crippen MR) is 61.6 cm³/mol. The topological polar surface area (TPSA) is 83.8 Å². The number of aliphatic carboxylic acids is 1. The van der Waals surface area contributed by atoms with Gasteiger partial charge in [0.1, 0.15) is 6.61 Å². The van der Waals surface area contributed by atoms with Gasteiger partial charge in [-0.05, 0) is 5.56 Å². The molecule has 5 nitrogen and oxygen atoms in total. The predicted octanol–water partition coefficient (Wildman–Crippen LogP) is -0.0831. The number of carboxylic acid groups (broad SMARTS) is 1. The fraction of sp³-hybridized carbons (Fsp3) is 0.273. The zero-order valence-electron chi connectivity index (χ0n) is 8.50. The molecule has 1 rings (SSSR count). The Hall–Kier alpha value is -0.880. The molecule has 0 saturated carbocycles. The molecule has 0 amide bonds. The number of aliphatic hydroxyl groups is 1. The molecule has 88 valence electrons. The van der Waals surface area contributed by atoms with Crippen LogP contribution < -0.4 is 0 Å². The average molecular weight is 248 g/mol. The summed E-state index contributed by atoms with van der Waals surface area (Å²) in [5.74, 6) is -2.17. The normalized spacial score (nSPS) is 11.1. The number of benzene rings is 1. The van der Waals surface area contributed by atoms with E-state index in [4.69, 9.17) is 14.9 Å². The SMILES string of the molecule is O=C(CC(O)C(=O)O)OCc1ccccc1.[NaH]. The molecule has 0 aromatic heterocycles. The summed E-state index contributed by atoms with van der Waals surface area (Å²) in [7, 11) is 0. The second kappa shape index (κ2) is 8.25. The standard InChI is InChI=1S/C11H12O5.Na.H/c12-9(11(14)15)6-10(13)16-7-8-4-2-1-3-5-8;;/h1-5,9,12H,6-7H2,(H,14,15);;. The van der Waals surface area contributed by atoms with Crippen LogP contribution in [-0.2, 0) is 20.9 Å². The third-order valence-corrected chi connectivity index (χ3v) is 1.89. The van der Waals surface area contributed by atoms with Crippen molar-refractivity contribution in [1.82, 2.24) is 0 Å². The second-order valence-electron chi connectivity index (χ2n) is 3.20. The maximum absolute atomic E-state index is 11.1. The molecule has 1 atom stereocenters. The zero-order valence-corrected chi connectivity index (χ0v) is 8.50. The molecule has 0 radical (unpaired) electrons. The van der Waals surface area contributed by atoms with E-state index in [1.165, 1.54) is 0 Å². The number of carbonyl (C=O) groups excluding carboxylic acids is 1. The van der Waals surface area contributed by atoms with Gasteiger partial charge in [0, 0.05) is 0 Å². The van der Waals surface area contributed by atoms with Crippen molar-refractivity contribution in [3.63, 3.8) is 0 Å². The minimum absolute atomic E-state index is 0. The van der Waals surface area contributed by atoms with Crippen molar-refractivity contribution >= 4 is 41.5 Å². The maximum atomic E-state index is 11.1. The van der Waals surface area contributed by atoms with Gasteiger partial charge in [-0.2, -0.15) is 0 Å². The first-order valence-corrected chi connectivity index (χ1v) is 4.70. The third-order valence-electron chi connectivity index (χ3n) is 1.89. The number of aliphatic hydroxyl groups excluding tert-OH is 1. The van der Waals surface area contributed by atoms with Gasteiger partial charge in [0.15, 0.2) is 6.10 Å². The van der Waals surface area contributed by atoms with Crippen molar-refractivity contribution in [2.24, 2.45) is 0 Å². The van der Waals surface area contributed by atoms with Crippen LogP contribution in [0.5, 0.6) is 0 Å². The van der Waals surface area contributed by atoms with Crippen molar-refractivity contribution in [2.45, 2.75) is 19.1 Å². The van der Waals surface area contributed by atoms with Crippen LogP contribution in [0.1, 0.15) is 12.0 Å². The summed E-state index contributed by atoms with van der Waals surface area (Å²) < 4.78 is 4.79. The Morgan fingerprint density at radius 1 is 1.24 bits per heavy atom. The Morgan fingerprint density at radius 2 is 1.82 bits per heavy atom. The molecule has 1 aromatic carbocycles. The van der Waals surface area contributed by atoms with Gasteiger partial charge in [-0.15, -0.1) is 0 Å². The summed E-state index contributed by atoms with van der Waals surface area (Å²) in [6.07, 6.45) is -2.24. The monoisotopic (exact) mass is 248 g/mol. The van der Waals surface area contributed by atoms with Gasteiger partial charge in [-0.25, -0.2) is 4.79 Å². The van der Waals surface area contributed by atoms with Crippen LogP contribution in [0.2, 0.25) is 0 Å². The number of hydrogen-bond donors (Lipinski definition) is 2. The number of esters is 1. The summed E-state index contributed by atoms with van der Waals surface area (Å²) in [6.45, 7) is 0.0754. The Morgan fingerprint density at radius 3 is 2.35 bits per heavy atom. The van der Waals surface area contributed by atoms with E-state index in [0.29, 0.717) is 0 Å². The van der Waals surface area contributed by atoms with Gasteiger partial charge >= 0.3 is 41.5 Å². The molecule has 0 aliphatic carbocycles. The number of carbonyl (C=O) groups is 2. The molecule has 6 heteroatoms. The van der Waals surface area contributed by atoms with E-state index in [1.54, 1.807) is 24.3 Å². The average Bonchev–Trinajstić information content (AvgIpc) is 2.27. The first-order valence-electron chi connectivity index (χ1n) is 4.70. The summed E-state index contributed by atoms with van der Waals surface area (Å²) in [4.78, 5) is 21.3. The quantitative estimate of drug-likeness (QED) is 0.562. The van der Waals surface area contributed by atoms with E-state index < -0.39 is 24.5 Å². The molecule has 17 heavy (non-hydrogen) atoms. The van der Waals surface area contributed by atoms with Crippen LogP contribution in [0.15, 0.2) is 30.3 Å². The summed E-state index contributed by atoms with van der Waals surface area (Å²) >= 11 is 0. The minimum atomic E-state index is -1.71. The van der Waals surface area contributed by atoms with E-state index in [-0.39, 0.29) is 36.2 Å². The van der Waals surface area contributed by atoms with Crippen LogP contribution in [0.4, 0.5) is 0 Å². The van der Waals surface area contributed by atoms with Crippen LogP contribution in [0.3, 0.4) is 0 Å². The van der Waals surface area contributed by atoms with Crippen molar-refractivity contribution in [1.29, 1.82) is 0 Å². The fourth-order valence-corrected chi connectivity index (χ4v) is 1.04. The van der Waals surface area contributed by atoms with Gasteiger partial charge < -0.3 is 14.9 Å². The number of carboxylic acids is 1. The summed E-state index contributed by atoms with van der Waals surface area (Å²) in [5.41, 5.74) is 0.806. The van der Waals surface area contributed by atoms with E-state index in [9.17, 15) is 9.59 Å². The molecular weight excluding hydrogens is 235 g/mol. The van der Waals surface area contributed by atoms with Gasteiger partial charge in [-0.1, -0.05) is 30.3 Å². The van der Waals surface area contributed by atoms with E-state index in [2.05, 4.69) is 0 Å². The van der Waals surface area contributed by atoms with Gasteiger partial charge in [-0.3, -0.25) is 4.79 Å². The van der Waals surface area contributed by atoms with Gasteiger partial charge in [0.05, 0.1) is 6.42 Å². The summed E-state index contributed by atoms with van der Waals surface area (Å²) in [6, 6.07) is 8.99. The molecule has 0 bridgehead atoms. The van der Waals surface area contributed by atoms with Gasteiger partial charge in [0.2, 0.25) is 0 Å². The van der Waals surface area contributed by atoms with Crippen LogP contribution in [0, 0.1) is 0 Å². The van der Waals surface area contributed by atoms with E-state index >= 15 is 0 Å². The molecule has 0 aliphatic rings. The van der Waals surface area contributed by atoms with E-state index in [0.717, 1.165) is 5.56 Å². The molecule has 0 saturated heterocycles. The summed E-state index contributed by atoms with van der Waals surface area (Å²) in [5, 5.41) is 17.3. The van der Waals surface area contributed by atoms with Crippen LogP contribution in [0.25, 0.3) is 0 Å². The van der Waals surface area contributed by atoms with Crippen molar-refractivity contribution in [3.8, 4) is 0 Å². The van der Waals surface area contributed by atoms with Crippen LogP contribution in [-0.4, -0.2) is 57.8 Å². The van der Waals surface area contributed by atoms with Crippen molar-refractivity contribution in [2.75, 3.05) is 0 Å². The Bertz CT molecular complexity index is 365. The molecule has 0 fully saturated rings. The molecule has 1 aromatic rings.